The first kappa shape index (κ1) is 11.4. The van der Waals surface area contributed by atoms with Gasteiger partial charge in [0.25, 0.3) is 0 Å². The maximum absolute atomic E-state index is 11.9. The van der Waals surface area contributed by atoms with E-state index in [2.05, 4.69) is 10.3 Å². The van der Waals surface area contributed by atoms with Gasteiger partial charge in [-0.2, -0.15) is 0 Å². The van der Waals surface area contributed by atoms with Crippen LogP contribution in [0.3, 0.4) is 0 Å². The molecule has 17 heavy (non-hydrogen) atoms. The average Bonchev–Trinajstić information content (AvgIpc) is 2.67. The quantitative estimate of drug-likeness (QED) is 0.884. The fourth-order valence-electron chi connectivity index (χ4n) is 1.68. The lowest BCUT2D eigenvalue weighted by atomic mass is 10.3. The number of nitrogens with zero attached hydrogens (tertiary/aromatic N) is 2. The van der Waals surface area contributed by atoms with Crippen molar-refractivity contribution >= 4 is 23.1 Å². The normalized spacial score (nSPS) is 10.5. The molecule has 0 unspecified atom stereocenters. The van der Waals surface area contributed by atoms with Crippen LogP contribution < -0.4 is 5.32 Å². The van der Waals surface area contributed by atoms with Gasteiger partial charge in [-0.1, -0.05) is 12.1 Å². The van der Waals surface area contributed by atoms with E-state index in [1.54, 1.807) is 6.92 Å². The molecule has 0 fully saturated rings. The fourth-order valence-corrected chi connectivity index (χ4v) is 1.68. The molecule has 0 atom stereocenters. The third-order valence-electron chi connectivity index (χ3n) is 2.35. The van der Waals surface area contributed by atoms with E-state index in [1.165, 1.54) is 4.57 Å². The molecular weight excluding hydrogens is 218 g/mol. The molecule has 5 nitrogen and oxygen atoms in total. The number of aromatic nitrogens is 2. The highest BCUT2D eigenvalue weighted by Gasteiger charge is 2.16. The summed E-state index contributed by atoms with van der Waals surface area (Å²) >= 11 is 0. The van der Waals surface area contributed by atoms with Crippen LogP contribution >= 0.6 is 0 Å². The van der Waals surface area contributed by atoms with E-state index in [1.807, 2.05) is 31.2 Å². The van der Waals surface area contributed by atoms with Gasteiger partial charge in [0.2, 0.25) is 5.95 Å². The summed E-state index contributed by atoms with van der Waals surface area (Å²) in [7, 11) is 0. The van der Waals surface area contributed by atoms with Gasteiger partial charge in [0.15, 0.2) is 0 Å². The number of ether oxygens (including phenoxy) is 1. The van der Waals surface area contributed by atoms with E-state index in [-0.39, 0.29) is 0 Å². The first-order chi connectivity index (χ1) is 8.27. The summed E-state index contributed by atoms with van der Waals surface area (Å²) in [5.74, 6) is 0.521. The molecule has 0 saturated heterocycles. The van der Waals surface area contributed by atoms with Crippen molar-refractivity contribution in [3.8, 4) is 0 Å². The zero-order valence-electron chi connectivity index (χ0n) is 9.93. The van der Waals surface area contributed by atoms with E-state index in [0.717, 1.165) is 11.0 Å². The minimum absolute atomic E-state index is 0.344. The van der Waals surface area contributed by atoms with Crippen LogP contribution in [0.5, 0.6) is 0 Å². The van der Waals surface area contributed by atoms with Gasteiger partial charge in [-0.15, -0.1) is 0 Å². The van der Waals surface area contributed by atoms with Crippen molar-refractivity contribution < 1.29 is 9.53 Å². The van der Waals surface area contributed by atoms with Crippen LogP contribution in [0.15, 0.2) is 24.3 Å². The highest BCUT2D eigenvalue weighted by atomic mass is 16.5. The minimum Gasteiger partial charge on any atom is -0.449 e. The molecule has 0 radical (unpaired) electrons. The van der Waals surface area contributed by atoms with Gasteiger partial charge in [-0.3, -0.25) is 0 Å². The number of carbonyl (C=O) groups is 1. The topological polar surface area (TPSA) is 56.2 Å². The van der Waals surface area contributed by atoms with Crippen LogP contribution in [-0.4, -0.2) is 28.8 Å². The molecule has 2 aromatic rings. The number of hydrogen-bond donors (Lipinski definition) is 1. The van der Waals surface area contributed by atoms with Crippen LogP contribution in [0.1, 0.15) is 13.8 Å². The maximum atomic E-state index is 11.9. The van der Waals surface area contributed by atoms with E-state index in [0.29, 0.717) is 19.1 Å². The van der Waals surface area contributed by atoms with E-state index >= 15 is 0 Å². The van der Waals surface area contributed by atoms with Crippen molar-refractivity contribution in [2.24, 2.45) is 0 Å². The molecule has 0 aliphatic heterocycles. The summed E-state index contributed by atoms with van der Waals surface area (Å²) in [6, 6.07) is 7.47. The van der Waals surface area contributed by atoms with Crippen molar-refractivity contribution in [2.45, 2.75) is 13.8 Å². The zero-order valence-corrected chi connectivity index (χ0v) is 9.93. The van der Waals surface area contributed by atoms with Crippen molar-refractivity contribution in [1.29, 1.82) is 0 Å². The van der Waals surface area contributed by atoms with Gasteiger partial charge < -0.3 is 10.1 Å². The molecular formula is C12H15N3O2. The predicted molar refractivity (Wildman–Crippen MR) is 66.3 cm³/mol. The molecule has 2 rings (SSSR count). The smallest absolute Gasteiger partial charge is 0.421 e. The minimum atomic E-state index is -0.405. The number of fused-ring (bicyclic) bond motifs is 1. The van der Waals surface area contributed by atoms with Gasteiger partial charge in [0.1, 0.15) is 0 Å². The molecule has 1 aromatic heterocycles. The summed E-state index contributed by atoms with van der Waals surface area (Å²) in [5.41, 5.74) is 1.53. The molecule has 5 heteroatoms. The van der Waals surface area contributed by atoms with Crippen LogP contribution in [0.2, 0.25) is 0 Å². The molecule has 90 valence electrons. The lowest BCUT2D eigenvalue weighted by Crippen LogP contribution is -2.16. The van der Waals surface area contributed by atoms with Gasteiger partial charge >= 0.3 is 6.09 Å². The van der Waals surface area contributed by atoms with Crippen LogP contribution in [0.4, 0.5) is 10.7 Å². The third-order valence-corrected chi connectivity index (χ3v) is 2.35. The first-order valence-electron chi connectivity index (χ1n) is 5.66. The van der Waals surface area contributed by atoms with Crippen molar-refractivity contribution in [2.75, 3.05) is 18.5 Å². The van der Waals surface area contributed by atoms with Gasteiger partial charge in [-0.25, -0.2) is 14.3 Å². The summed E-state index contributed by atoms with van der Waals surface area (Å²) in [6.07, 6.45) is -0.405. The highest BCUT2D eigenvalue weighted by molar-refractivity contribution is 5.90. The SMILES string of the molecule is CCNc1nc2ccccc2n1C(=O)OCC. The molecule has 1 heterocycles. The number of nitrogens with one attached hydrogen (secondary N) is 1. The molecule has 0 bridgehead atoms. The van der Waals surface area contributed by atoms with Gasteiger partial charge in [0.05, 0.1) is 17.6 Å². The molecule has 1 aromatic carbocycles. The predicted octanol–water partition coefficient (Wildman–Crippen LogP) is 2.47. The fraction of sp³-hybridized carbons (Fsp3) is 0.333. The largest absolute Gasteiger partial charge is 0.449 e. The van der Waals surface area contributed by atoms with E-state index in [4.69, 9.17) is 4.74 Å². The molecule has 0 aliphatic rings. The Morgan fingerprint density at radius 2 is 2.18 bits per heavy atom. The van der Waals surface area contributed by atoms with Crippen molar-refractivity contribution in [3.05, 3.63) is 24.3 Å². The first-order valence-corrected chi connectivity index (χ1v) is 5.66. The summed E-state index contributed by atoms with van der Waals surface area (Å²) in [4.78, 5) is 16.2. The van der Waals surface area contributed by atoms with Crippen LogP contribution in [0, 0.1) is 0 Å². The second kappa shape index (κ2) is 4.86. The number of carbonyl (C=O) groups excluding carboxylic acids is 1. The lowest BCUT2D eigenvalue weighted by molar-refractivity contribution is 0.155. The summed E-state index contributed by atoms with van der Waals surface area (Å²) in [5, 5.41) is 3.06. The number of hydrogen-bond acceptors (Lipinski definition) is 4. The number of imidazole rings is 1. The molecule has 0 amide bonds. The monoisotopic (exact) mass is 233 g/mol. The second-order valence-electron chi connectivity index (χ2n) is 3.49. The van der Waals surface area contributed by atoms with Crippen LogP contribution in [0.25, 0.3) is 11.0 Å². The molecule has 0 saturated carbocycles. The zero-order chi connectivity index (χ0) is 12.3. The Hall–Kier alpha value is -2.04. The summed E-state index contributed by atoms with van der Waals surface area (Å²) in [6.45, 7) is 4.78. The molecule has 1 N–H and O–H groups in total. The summed E-state index contributed by atoms with van der Waals surface area (Å²) < 4.78 is 6.49. The number of para-hydroxylation sites is 2. The molecule has 0 aliphatic carbocycles. The van der Waals surface area contributed by atoms with Crippen LogP contribution in [-0.2, 0) is 4.74 Å². The van der Waals surface area contributed by atoms with E-state index in [9.17, 15) is 4.79 Å². The van der Waals surface area contributed by atoms with Crippen molar-refractivity contribution in [3.63, 3.8) is 0 Å². The Balaban J connectivity index is 2.55. The molecule has 0 spiro atoms. The highest BCUT2D eigenvalue weighted by Crippen LogP contribution is 2.19. The number of rotatable bonds is 3. The Bertz CT molecular complexity index is 534. The number of benzene rings is 1. The third kappa shape index (κ3) is 2.08. The average molecular weight is 233 g/mol. The maximum Gasteiger partial charge on any atom is 0.421 e. The standard InChI is InChI=1S/C12H15N3O2/c1-3-13-11-14-9-7-5-6-8-10(9)15(11)12(16)17-4-2/h5-8H,3-4H2,1-2H3,(H,13,14). The Morgan fingerprint density at radius 3 is 2.88 bits per heavy atom. The van der Waals surface area contributed by atoms with Crippen molar-refractivity contribution in [1.82, 2.24) is 9.55 Å². The lowest BCUT2D eigenvalue weighted by Gasteiger charge is -2.07. The Morgan fingerprint density at radius 1 is 1.41 bits per heavy atom. The second-order valence-corrected chi connectivity index (χ2v) is 3.49. The Kier molecular flexibility index (Phi) is 3.27. The number of anilines is 1. The van der Waals surface area contributed by atoms with Gasteiger partial charge in [0, 0.05) is 6.54 Å². The Labute approximate surface area is 99.4 Å². The van der Waals surface area contributed by atoms with E-state index < -0.39 is 6.09 Å². The van der Waals surface area contributed by atoms with Gasteiger partial charge in [-0.05, 0) is 26.0 Å².